The van der Waals surface area contributed by atoms with Crippen LogP contribution in [0.25, 0.3) is 0 Å². The zero-order valence-electron chi connectivity index (χ0n) is 14.7. The lowest BCUT2D eigenvalue weighted by Gasteiger charge is -2.40. The van der Waals surface area contributed by atoms with Crippen LogP contribution in [0.4, 0.5) is 5.69 Å². The molecule has 2 aromatic rings. The van der Waals surface area contributed by atoms with Crippen molar-refractivity contribution in [1.82, 2.24) is 9.80 Å². The molecule has 134 valence electrons. The van der Waals surface area contributed by atoms with Gasteiger partial charge in [-0.15, -0.1) is 0 Å². The van der Waals surface area contributed by atoms with Crippen LogP contribution in [0.15, 0.2) is 53.5 Å². The van der Waals surface area contributed by atoms with Crippen molar-refractivity contribution in [3.8, 4) is 0 Å². The van der Waals surface area contributed by atoms with E-state index >= 15 is 0 Å². The lowest BCUT2D eigenvalue weighted by Crippen LogP contribution is -2.48. The van der Waals surface area contributed by atoms with Gasteiger partial charge in [-0.1, -0.05) is 42.5 Å². The predicted octanol–water partition coefficient (Wildman–Crippen LogP) is 2.93. The number of piperazine rings is 1. The molecule has 0 aliphatic carbocycles. The van der Waals surface area contributed by atoms with Crippen LogP contribution in [-0.2, 0) is 4.79 Å². The molecule has 1 atom stereocenters. The van der Waals surface area contributed by atoms with Gasteiger partial charge in [-0.3, -0.25) is 14.7 Å². The summed E-state index contributed by atoms with van der Waals surface area (Å²) in [5, 5.41) is 8.90. The Morgan fingerprint density at radius 1 is 1.00 bits per heavy atom. The summed E-state index contributed by atoms with van der Waals surface area (Å²) >= 11 is 0. The first kappa shape index (κ1) is 16.9. The van der Waals surface area contributed by atoms with Crippen molar-refractivity contribution in [2.24, 2.45) is 4.99 Å². The number of para-hydroxylation sites is 1. The van der Waals surface area contributed by atoms with Crippen molar-refractivity contribution in [1.29, 1.82) is 0 Å². The fourth-order valence-electron chi connectivity index (χ4n) is 3.91. The van der Waals surface area contributed by atoms with E-state index < -0.39 is 5.97 Å². The van der Waals surface area contributed by atoms with Gasteiger partial charge in [0.2, 0.25) is 0 Å². The standard InChI is InChI=1S/C21H23N3O2/c25-20(26)9-10-23-11-13-24(14-12-23)21-17-6-2-1-5-16(17)15-22-19-8-4-3-7-18(19)21/h1-8,15,21H,9-14H2,(H,25,26). The normalized spacial score (nSPS) is 20.2. The minimum Gasteiger partial charge on any atom is -0.481 e. The van der Waals surface area contributed by atoms with E-state index in [4.69, 9.17) is 10.1 Å². The molecule has 0 bridgehead atoms. The number of nitrogens with zero attached hydrogens (tertiary/aromatic N) is 3. The lowest BCUT2D eigenvalue weighted by atomic mass is 9.93. The summed E-state index contributed by atoms with van der Waals surface area (Å²) in [4.78, 5) is 20.3. The Morgan fingerprint density at radius 2 is 1.69 bits per heavy atom. The van der Waals surface area contributed by atoms with Crippen molar-refractivity contribution in [2.75, 3.05) is 32.7 Å². The van der Waals surface area contributed by atoms with Crippen LogP contribution in [0, 0.1) is 0 Å². The van der Waals surface area contributed by atoms with Crippen LogP contribution in [-0.4, -0.2) is 59.8 Å². The van der Waals surface area contributed by atoms with Gasteiger partial charge >= 0.3 is 5.97 Å². The van der Waals surface area contributed by atoms with E-state index in [1.807, 2.05) is 12.3 Å². The smallest absolute Gasteiger partial charge is 0.304 e. The third kappa shape index (κ3) is 3.41. The molecule has 2 aromatic carbocycles. The largest absolute Gasteiger partial charge is 0.481 e. The molecular weight excluding hydrogens is 326 g/mol. The number of aliphatic imine (C=N–C) groups is 1. The molecule has 2 heterocycles. The minimum absolute atomic E-state index is 0.187. The quantitative estimate of drug-likeness (QED) is 0.922. The minimum atomic E-state index is -0.726. The van der Waals surface area contributed by atoms with E-state index in [2.05, 4.69) is 52.3 Å². The van der Waals surface area contributed by atoms with Crippen LogP contribution >= 0.6 is 0 Å². The summed E-state index contributed by atoms with van der Waals surface area (Å²) in [7, 11) is 0. The second-order valence-corrected chi connectivity index (χ2v) is 6.87. The first-order valence-corrected chi connectivity index (χ1v) is 9.12. The fraction of sp³-hybridized carbons (Fsp3) is 0.333. The Kier molecular flexibility index (Phi) is 4.82. The molecule has 0 spiro atoms. The summed E-state index contributed by atoms with van der Waals surface area (Å²) in [5.74, 6) is -0.726. The van der Waals surface area contributed by atoms with Crippen molar-refractivity contribution in [2.45, 2.75) is 12.5 Å². The number of hydrogen-bond acceptors (Lipinski definition) is 4. The van der Waals surface area contributed by atoms with E-state index in [1.54, 1.807) is 0 Å². The Bertz CT molecular complexity index is 776. The highest BCUT2D eigenvalue weighted by Crippen LogP contribution is 2.38. The Balaban J connectivity index is 1.60. The number of carbonyl (C=O) groups is 1. The van der Waals surface area contributed by atoms with Gasteiger partial charge in [0.15, 0.2) is 0 Å². The summed E-state index contributed by atoms with van der Waals surface area (Å²) in [6, 6.07) is 17.0. The molecule has 0 amide bonds. The van der Waals surface area contributed by atoms with Crippen molar-refractivity contribution >= 4 is 17.9 Å². The number of benzene rings is 2. The zero-order valence-corrected chi connectivity index (χ0v) is 14.7. The van der Waals surface area contributed by atoms with Gasteiger partial charge in [-0.25, -0.2) is 0 Å². The van der Waals surface area contributed by atoms with E-state index in [0.29, 0.717) is 6.54 Å². The Morgan fingerprint density at radius 3 is 2.46 bits per heavy atom. The van der Waals surface area contributed by atoms with Crippen LogP contribution in [0.5, 0.6) is 0 Å². The summed E-state index contributed by atoms with van der Waals surface area (Å²) < 4.78 is 0. The van der Waals surface area contributed by atoms with Crippen LogP contribution in [0.2, 0.25) is 0 Å². The highest BCUT2D eigenvalue weighted by molar-refractivity contribution is 5.86. The van der Waals surface area contributed by atoms with Gasteiger partial charge in [0, 0.05) is 38.9 Å². The fourth-order valence-corrected chi connectivity index (χ4v) is 3.91. The molecule has 1 unspecified atom stereocenters. The molecule has 2 aliphatic heterocycles. The molecule has 26 heavy (non-hydrogen) atoms. The van der Waals surface area contributed by atoms with Gasteiger partial charge in [0.25, 0.3) is 0 Å². The Hall–Kier alpha value is -2.50. The maximum absolute atomic E-state index is 10.8. The monoisotopic (exact) mass is 349 g/mol. The third-order valence-electron chi connectivity index (χ3n) is 5.28. The summed E-state index contributed by atoms with van der Waals surface area (Å²) in [6.45, 7) is 4.27. The van der Waals surface area contributed by atoms with Gasteiger partial charge in [-0.05, 0) is 22.8 Å². The number of rotatable bonds is 4. The second-order valence-electron chi connectivity index (χ2n) is 6.87. The molecule has 1 saturated heterocycles. The van der Waals surface area contributed by atoms with Crippen LogP contribution in [0.3, 0.4) is 0 Å². The van der Waals surface area contributed by atoms with Gasteiger partial charge < -0.3 is 10.0 Å². The van der Waals surface area contributed by atoms with E-state index in [-0.39, 0.29) is 12.5 Å². The number of fused-ring (bicyclic) bond motifs is 2. The first-order chi connectivity index (χ1) is 12.7. The SMILES string of the molecule is O=C(O)CCN1CCN(C2c3ccccc3C=Nc3ccccc32)CC1. The molecule has 0 radical (unpaired) electrons. The average Bonchev–Trinajstić information content (AvgIpc) is 2.84. The summed E-state index contributed by atoms with van der Waals surface area (Å²) in [5.41, 5.74) is 4.73. The highest BCUT2D eigenvalue weighted by Gasteiger charge is 2.30. The van der Waals surface area contributed by atoms with E-state index in [1.165, 1.54) is 16.7 Å². The van der Waals surface area contributed by atoms with Crippen molar-refractivity contribution < 1.29 is 9.90 Å². The molecule has 5 nitrogen and oxygen atoms in total. The Labute approximate surface area is 153 Å². The molecular formula is C21H23N3O2. The predicted molar refractivity (Wildman–Crippen MR) is 102 cm³/mol. The number of hydrogen-bond donors (Lipinski definition) is 1. The molecule has 5 heteroatoms. The summed E-state index contributed by atoms with van der Waals surface area (Å²) in [6.07, 6.45) is 2.18. The van der Waals surface area contributed by atoms with E-state index in [9.17, 15) is 4.79 Å². The second kappa shape index (κ2) is 7.40. The number of carboxylic acid groups (broad SMARTS) is 1. The van der Waals surface area contributed by atoms with Crippen LogP contribution < -0.4 is 0 Å². The van der Waals surface area contributed by atoms with Crippen LogP contribution in [0.1, 0.15) is 29.2 Å². The molecule has 1 N–H and O–H groups in total. The molecule has 1 fully saturated rings. The molecule has 0 saturated carbocycles. The van der Waals surface area contributed by atoms with E-state index in [0.717, 1.165) is 31.9 Å². The van der Waals surface area contributed by atoms with Crippen molar-refractivity contribution in [3.05, 3.63) is 65.2 Å². The third-order valence-corrected chi connectivity index (χ3v) is 5.28. The maximum Gasteiger partial charge on any atom is 0.304 e. The zero-order chi connectivity index (χ0) is 17.9. The average molecular weight is 349 g/mol. The topological polar surface area (TPSA) is 56.1 Å². The maximum atomic E-state index is 10.8. The number of aliphatic carboxylic acids is 1. The molecule has 4 rings (SSSR count). The van der Waals surface area contributed by atoms with Gasteiger partial charge in [-0.2, -0.15) is 0 Å². The molecule has 2 aliphatic rings. The molecule has 0 aromatic heterocycles. The highest BCUT2D eigenvalue weighted by atomic mass is 16.4. The number of carboxylic acids is 1. The van der Waals surface area contributed by atoms with Crippen molar-refractivity contribution in [3.63, 3.8) is 0 Å². The van der Waals surface area contributed by atoms with Gasteiger partial charge in [0.05, 0.1) is 18.2 Å². The van der Waals surface area contributed by atoms with Gasteiger partial charge in [0.1, 0.15) is 0 Å². The lowest BCUT2D eigenvalue weighted by molar-refractivity contribution is -0.137. The first-order valence-electron chi connectivity index (χ1n) is 9.12.